The molecule has 19 heavy (non-hydrogen) atoms. The Morgan fingerprint density at radius 1 is 1.53 bits per heavy atom. The van der Waals surface area contributed by atoms with Crippen molar-refractivity contribution in [3.8, 4) is 6.07 Å². The first kappa shape index (κ1) is 11.7. The molecule has 2 aromatic heterocycles. The summed E-state index contributed by atoms with van der Waals surface area (Å²) in [5, 5.41) is 8.83. The molecule has 0 aromatic carbocycles. The number of nitriles is 1. The van der Waals surface area contributed by atoms with Gasteiger partial charge in [-0.2, -0.15) is 5.26 Å². The van der Waals surface area contributed by atoms with E-state index in [-0.39, 0.29) is 18.0 Å². The lowest BCUT2D eigenvalue weighted by molar-refractivity contribution is 0.0313. The van der Waals surface area contributed by atoms with Gasteiger partial charge in [-0.3, -0.25) is 0 Å². The van der Waals surface area contributed by atoms with Crippen LogP contribution in [0.15, 0.2) is 30.9 Å². The summed E-state index contributed by atoms with van der Waals surface area (Å²) in [7, 11) is 0. The van der Waals surface area contributed by atoms with Crippen LogP contribution < -0.4 is 0 Å². The van der Waals surface area contributed by atoms with Gasteiger partial charge in [0.05, 0.1) is 29.7 Å². The van der Waals surface area contributed by atoms with Gasteiger partial charge in [-0.1, -0.05) is 0 Å². The molecular formula is C14H13N3O2. The summed E-state index contributed by atoms with van der Waals surface area (Å²) in [6, 6.07) is 5.70. The maximum atomic E-state index is 12.0. The number of pyridine rings is 1. The van der Waals surface area contributed by atoms with Crippen molar-refractivity contribution < 1.29 is 9.53 Å². The predicted octanol–water partition coefficient (Wildman–Crippen LogP) is 2.18. The summed E-state index contributed by atoms with van der Waals surface area (Å²) in [6.45, 7) is 0. The Hall–Kier alpha value is -2.35. The van der Waals surface area contributed by atoms with Crippen LogP contribution in [0.4, 0.5) is 0 Å². The summed E-state index contributed by atoms with van der Waals surface area (Å²) in [4.78, 5) is 16.0. The zero-order chi connectivity index (χ0) is 13.2. The molecule has 1 aliphatic rings. The SMILES string of the molecule is N#C[C@H]1CC[C@@H](OC(=O)c2ccn3cncc3c2)C1. The fraction of sp³-hybridized carbons (Fsp3) is 0.357. The van der Waals surface area contributed by atoms with E-state index in [4.69, 9.17) is 10.00 Å². The standard InChI is InChI=1S/C14H13N3O2/c15-7-10-1-2-13(5-10)19-14(18)11-3-4-17-9-16-8-12(17)6-11/h3-4,6,8-10,13H,1-2,5H2/t10-,13+/m0/s1. The number of ether oxygens (including phenoxy) is 1. The van der Waals surface area contributed by atoms with E-state index in [2.05, 4.69) is 11.1 Å². The first-order valence-electron chi connectivity index (χ1n) is 6.28. The van der Waals surface area contributed by atoms with Crippen molar-refractivity contribution in [2.24, 2.45) is 5.92 Å². The first-order chi connectivity index (χ1) is 9.26. The molecule has 2 atom stereocenters. The summed E-state index contributed by atoms with van der Waals surface area (Å²) in [5.74, 6) is -0.303. The second-order valence-corrected chi connectivity index (χ2v) is 4.81. The topological polar surface area (TPSA) is 67.4 Å². The molecule has 1 saturated carbocycles. The molecule has 96 valence electrons. The van der Waals surface area contributed by atoms with Crippen LogP contribution >= 0.6 is 0 Å². The molecule has 5 nitrogen and oxygen atoms in total. The monoisotopic (exact) mass is 255 g/mol. The van der Waals surface area contributed by atoms with Crippen LogP contribution in [0.3, 0.4) is 0 Å². The van der Waals surface area contributed by atoms with Crippen LogP contribution in [0.5, 0.6) is 0 Å². The molecule has 1 fully saturated rings. The summed E-state index contributed by atoms with van der Waals surface area (Å²) >= 11 is 0. The van der Waals surface area contributed by atoms with Gasteiger partial charge in [0.25, 0.3) is 0 Å². The molecule has 1 aliphatic carbocycles. The van der Waals surface area contributed by atoms with Crippen LogP contribution in [0.2, 0.25) is 0 Å². The molecule has 0 aliphatic heterocycles. The maximum absolute atomic E-state index is 12.0. The van der Waals surface area contributed by atoms with E-state index in [1.165, 1.54) is 0 Å². The molecule has 0 N–H and O–H groups in total. The molecule has 2 aromatic rings. The van der Waals surface area contributed by atoms with Crippen molar-refractivity contribution in [3.05, 3.63) is 36.4 Å². The summed E-state index contributed by atoms with van der Waals surface area (Å²) in [6.07, 6.45) is 7.27. The summed E-state index contributed by atoms with van der Waals surface area (Å²) < 4.78 is 7.27. The highest BCUT2D eigenvalue weighted by atomic mass is 16.5. The van der Waals surface area contributed by atoms with Gasteiger partial charge in [-0.05, 0) is 25.0 Å². The molecular weight excluding hydrogens is 242 g/mol. The van der Waals surface area contributed by atoms with Gasteiger partial charge in [0.2, 0.25) is 0 Å². The minimum atomic E-state index is -0.327. The second-order valence-electron chi connectivity index (χ2n) is 4.81. The minimum absolute atomic E-state index is 0.0232. The summed E-state index contributed by atoms with van der Waals surface area (Å²) in [5.41, 5.74) is 1.38. The van der Waals surface area contributed by atoms with Crippen LogP contribution in [-0.4, -0.2) is 21.5 Å². The third-order valence-electron chi connectivity index (χ3n) is 3.49. The quantitative estimate of drug-likeness (QED) is 0.771. The van der Waals surface area contributed by atoms with Crippen LogP contribution in [0.25, 0.3) is 5.52 Å². The van der Waals surface area contributed by atoms with Crippen molar-refractivity contribution in [2.75, 3.05) is 0 Å². The Labute approximate surface area is 110 Å². The smallest absolute Gasteiger partial charge is 0.338 e. The van der Waals surface area contributed by atoms with E-state index in [0.29, 0.717) is 12.0 Å². The van der Waals surface area contributed by atoms with Crippen LogP contribution in [-0.2, 0) is 4.74 Å². The van der Waals surface area contributed by atoms with Gasteiger partial charge in [0, 0.05) is 18.5 Å². The van der Waals surface area contributed by atoms with E-state index in [1.54, 1.807) is 30.9 Å². The van der Waals surface area contributed by atoms with Gasteiger partial charge in [-0.25, -0.2) is 9.78 Å². The molecule has 3 rings (SSSR count). The number of carbonyl (C=O) groups excluding carboxylic acids is 1. The number of hydrogen-bond acceptors (Lipinski definition) is 4. The van der Waals surface area contributed by atoms with E-state index >= 15 is 0 Å². The number of hydrogen-bond donors (Lipinski definition) is 0. The number of carbonyl (C=O) groups is 1. The average Bonchev–Trinajstić information content (AvgIpc) is 3.05. The lowest BCUT2D eigenvalue weighted by atomic mass is 10.1. The fourth-order valence-electron chi connectivity index (χ4n) is 2.43. The molecule has 2 heterocycles. The average molecular weight is 255 g/mol. The maximum Gasteiger partial charge on any atom is 0.338 e. The third kappa shape index (κ3) is 2.29. The van der Waals surface area contributed by atoms with Crippen LogP contribution in [0.1, 0.15) is 29.6 Å². The molecule has 0 bridgehead atoms. The Balaban J connectivity index is 1.72. The zero-order valence-corrected chi connectivity index (χ0v) is 10.3. The number of fused-ring (bicyclic) bond motifs is 1. The molecule has 0 radical (unpaired) electrons. The second kappa shape index (κ2) is 4.73. The van der Waals surface area contributed by atoms with Crippen molar-refractivity contribution in [1.82, 2.24) is 9.38 Å². The lowest BCUT2D eigenvalue weighted by Crippen LogP contribution is -2.15. The Morgan fingerprint density at radius 3 is 3.21 bits per heavy atom. The number of nitrogens with zero attached hydrogens (tertiary/aromatic N) is 3. The molecule has 5 heteroatoms. The lowest BCUT2D eigenvalue weighted by Gasteiger charge is -2.11. The van der Waals surface area contributed by atoms with Crippen molar-refractivity contribution in [1.29, 1.82) is 5.26 Å². The molecule has 0 unspecified atom stereocenters. The highest BCUT2D eigenvalue weighted by Crippen LogP contribution is 2.27. The first-order valence-corrected chi connectivity index (χ1v) is 6.28. The minimum Gasteiger partial charge on any atom is -0.459 e. The largest absolute Gasteiger partial charge is 0.459 e. The number of rotatable bonds is 2. The highest BCUT2D eigenvalue weighted by molar-refractivity contribution is 5.90. The highest BCUT2D eigenvalue weighted by Gasteiger charge is 2.27. The number of aromatic nitrogens is 2. The zero-order valence-electron chi connectivity index (χ0n) is 10.3. The number of esters is 1. The Morgan fingerprint density at radius 2 is 2.42 bits per heavy atom. The van der Waals surface area contributed by atoms with Gasteiger partial charge < -0.3 is 9.14 Å². The third-order valence-corrected chi connectivity index (χ3v) is 3.49. The van der Waals surface area contributed by atoms with E-state index < -0.39 is 0 Å². The normalized spacial score (nSPS) is 22.3. The van der Waals surface area contributed by atoms with E-state index in [0.717, 1.165) is 18.4 Å². The Kier molecular flexibility index (Phi) is 2.92. The van der Waals surface area contributed by atoms with Crippen molar-refractivity contribution in [3.63, 3.8) is 0 Å². The van der Waals surface area contributed by atoms with Crippen LogP contribution in [0, 0.1) is 17.2 Å². The Bertz CT molecular complexity index is 656. The predicted molar refractivity (Wildman–Crippen MR) is 67.3 cm³/mol. The van der Waals surface area contributed by atoms with Gasteiger partial charge in [-0.15, -0.1) is 0 Å². The van der Waals surface area contributed by atoms with E-state index in [1.807, 2.05) is 4.40 Å². The van der Waals surface area contributed by atoms with E-state index in [9.17, 15) is 4.79 Å². The molecule has 0 spiro atoms. The van der Waals surface area contributed by atoms with Gasteiger partial charge in [0.1, 0.15) is 6.10 Å². The van der Waals surface area contributed by atoms with Crippen molar-refractivity contribution in [2.45, 2.75) is 25.4 Å². The number of imidazole rings is 1. The van der Waals surface area contributed by atoms with Gasteiger partial charge >= 0.3 is 5.97 Å². The fourth-order valence-corrected chi connectivity index (χ4v) is 2.43. The molecule has 0 saturated heterocycles. The van der Waals surface area contributed by atoms with Crippen molar-refractivity contribution >= 4 is 11.5 Å². The molecule has 0 amide bonds. The van der Waals surface area contributed by atoms with Gasteiger partial charge in [0.15, 0.2) is 0 Å².